The second kappa shape index (κ2) is 5.68. The number of likely N-dealkylation sites (tertiary alicyclic amines) is 1. The van der Waals surface area contributed by atoms with E-state index in [2.05, 4.69) is 0 Å². The van der Waals surface area contributed by atoms with Crippen LogP contribution >= 0.6 is 11.8 Å². The molecule has 0 spiro atoms. The molecule has 8 heteroatoms. The number of carboxylic acids is 1. The van der Waals surface area contributed by atoms with Crippen LogP contribution in [0.25, 0.3) is 0 Å². The summed E-state index contributed by atoms with van der Waals surface area (Å²) < 4.78 is 0. The Labute approximate surface area is 115 Å². The summed E-state index contributed by atoms with van der Waals surface area (Å²) in [7, 11) is 0. The van der Waals surface area contributed by atoms with Crippen molar-refractivity contribution in [1.29, 1.82) is 0 Å². The van der Waals surface area contributed by atoms with E-state index in [0.717, 1.165) is 0 Å². The fraction of sp³-hybridized carbons (Fsp3) is 0.727. The number of carbonyl (C=O) groups excluding carboxylic acids is 2. The largest absolute Gasteiger partial charge is 0.480 e. The molecule has 2 aliphatic heterocycles. The first-order valence-electron chi connectivity index (χ1n) is 6.16. The molecule has 2 heterocycles. The van der Waals surface area contributed by atoms with Crippen LogP contribution in [0.3, 0.4) is 0 Å². The average Bonchev–Trinajstić information content (AvgIpc) is 2.87. The fourth-order valence-corrected chi connectivity index (χ4v) is 3.51. The highest BCUT2D eigenvalue weighted by molar-refractivity contribution is 7.99. The van der Waals surface area contributed by atoms with Gasteiger partial charge in [0.2, 0.25) is 5.91 Å². The van der Waals surface area contributed by atoms with Gasteiger partial charge in [0.1, 0.15) is 6.04 Å². The molecule has 0 bridgehead atoms. The van der Waals surface area contributed by atoms with Crippen molar-refractivity contribution in [1.82, 2.24) is 9.80 Å². The third-order valence-corrected chi connectivity index (χ3v) is 4.59. The predicted molar refractivity (Wildman–Crippen MR) is 69.5 cm³/mol. The lowest BCUT2D eigenvalue weighted by Crippen LogP contribution is -2.51. The molecule has 0 aromatic heterocycles. The van der Waals surface area contributed by atoms with Gasteiger partial charge >= 0.3 is 12.0 Å². The monoisotopic (exact) mass is 287 g/mol. The molecule has 0 aromatic carbocycles. The van der Waals surface area contributed by atoms with E-state index in [0.29, 0.717) is 37.6 Å². The number of nitrogens with zero attached hydrogens (tertiary/aromatic N) is 2. The molecule has 1 unspecified atom stereocenters. The Hall–Kier alpha value is -1.44. The van der Waals surface area contributed by atoms with E-state index in [-0.39, 0.29) is 17.9 Å². The van der Waals surface area contributed by atoms with Crippen LogP contribution in [0.2, 0.25) is 0 Å². The highest BCUT2D eigenvalue weighted by Gasteiger charge is 2.38. The molecule has 3 amide bonds. The number of hydrogen-bond acceptors (Lipinski definition) is 4. The standard InChI is InChI=1S/C11H17N3O4S/c12-9(15)7-1-3-13(4-2-7)11(18)14-6-19-5-8(14)10(16)17/h7-8H,1-6H2,(H2,12,15)(H,16,17). The highest BCUT2D eigenvalue weighted by atomic mass is 32.2. The van der Waals surface area contributed by atoms with Crippen molar-refractivity contribution in [3.63, 3.8) is 0 Å². The van der Waals surface area contributed by atoms with Crippen molar-refractivity contribution in [2.45, 2.75) is 18.9 Å². The first kappa shape index (κ1) is 14.0. The zero-order valence-electron chi connectivity index (χ0n) is 10.4. The molecule has 3 N–H and O–H groups in total. The number of thioether (sulfide) groups is 1. The number of carbonyl (C=O) groups is 3. The number of carboxylic acid groups (broad SMARTS) is 1. The van der Waals surface area contributed by atoms with Crippen LogP contribution in [0.5, 0.6) is 0 Å². The van der Waals surface area contributed by atoms with Gasteiger partial charge in [-0.3, -0.25) is 4.79 Å². The molecule has 0 saturated carbocycles. The number of urea groups is 1. The Bertz CT molecular complexity index is 395. The maximum absolute atomic E-state index is 12.3. The minimum absolute atomic E-state index is 0.174. The van der Waals surface area contributed by atoms with Gasteiger partial charge < -0.3 is 20.6 Å². The molecule has 0 radical (unpaired) electrons. The summed E-state index contributed by atoms with van der Waals surface area (Å²) in [4.78, 5) is 37.4. The van der Waals surface area contributed by atoms with E-state index in [1.807, 2.05) is 0 Å². The minimum Gasteiger partial charge on any atom is -0.480 e. The lowest BCUT2D eigenvalue weighted by atomic mass is 9.96. The van der Waals surface area contributed by atoms with Gasteiger partial charge in [0.05, 0.1) is 5.88 Å². The number of hydrogen-bond donors (Lipinski definition) is 2. The zero-order valence-corrected chi connectivity index (χ0v) is 11.3. The topological polar surface area (TPSA) is 104 Å². The molecular weight excluding hydrogens is 270 g/mol. The van der Waals surface area contributed by atoms with Gasteiger partial charge in [-0.15, -0.1) is 11.8 Å². The zero-order chi connectivity index (χ0) is 14.0. The second-order valence-electron chi connectivity index (χ2n) is 4.77. The van der Waals surface area contributed by atoms with E-state index in [1.54, 1.807) is 4.90 Å². The summed E-state index contributed by atoms with van der Waals surface area (Å²) in [5.74, 6) is -0.630. The number of nitrogens with two attached hydrogens (primary N) is 1. The van der Waals surface area contributed by atoms with Crippen molar-refractivity contribution in [3.05, 3.63) is 0 Å². The number of rotatable bonds is 2. The fourth-order valence-electron chi connectivity index (χ4n) is 2.37. The summed E-state index contributed by atoms with van der Waals surface area (Å²) in [5, 5.41) is 9.06. The predicted octanol–water partition coefficient (Wildman–Crippen LogP) is -0.237. The van der Waals surface area contributed by atoms with Crippen LogP contribution in [0.4, 0.5) is 4.79 Å². The van der Waals surface area contributed by atoms with Gasteiger partial charge in [0.15, 0.2) is 0 Å². The summed E-state index contributed by atoms with van der Waals surface area (Å²) in [5.41, 5.74) is 5.24. The number of amides is 3. The van der Waals surface area contributed by atoms with Crippen LogP contribution in [0.15, 0.2) is 0 Å². The Morgan fingerprint density at radius 1 is 1.21 bits per heavy atom. The molecule has 2 saturated heterocycles. The van der Waals surface area contributed by atoms with Crippen LogP contribution in [-0.4, -0.2) is 63.6 Å². The van der Waals surface area contributed by atoms with Crippen LogP contribution in [-0.2, 0) is 9.59 Å². The van der Waals surface area contributed by atoms with Crippen LogP contribution < -0.4 is 5.73 Å². The number of piperidine rings is 1. The molecule has 0 aromatic rings. The van der Waals surface area contributed by atoms with Gasteiger partial charge in [0, 0.05) is 24.8 Å². The summed E-state index contributed by atoms with van der Waals surface area (Å²) in [6.07, 6.45) is 1.11. The average molecular weight is 287 g/mol. The van der Waals surface area contributed by atoms with E-state index in [9.17, 15) is 14.4 Å². The quantitative estimate of drug-likeness (QED) is 0.729. The van der Waals surface area contributed by atoms with E-state index < -0.39 is 12.0 Å². The maximum atomic E-state index is 12.3. The Morgan fingerprint density at radius 3 is 2.37 bits per heavy atom. The first-order valence-corrected chi connectivity index (χ1v) is 7.31. The maximum Gasteiger partial charge on any atom is 0.327 e. The molecule has 19 heavy (non-hydrogen) atoms. The van der Waals surface area contributed by atoms with E-state index in [4.69, 9.17) is 10.8 Å². The lowest BCUT2D eigenvalue weighted by Gasteiger charge is -2.34. The van der Waals surface area contributed by atoms with Gasteiger partial charge in [-0.2, -0.15) is 0 Å². The van der Waals surface area contributed by atoms with Crippen LogP contribution in [0, 0.1) is 5.92 Å². The molecule has 2 rings (SSSR count). The van der Waals surface area contributed by atoms with Gasteiger partial charge in [-0.05, 0) is 12.8 Å². The van der Waals surface area contributed by atoms with Crippen molar-refractivity contribution < 1.29 is 19.5 Å². The minimum atomic E-state index is -0.967. The third kappa shape index (κ3) is 2.94. The molecule has 0 aliphatic carbocycles. The van der Waals surface area contributed by atoms with Crippen molar-refractivity contribution in [2.24, 2.45) is 11.7 Å². The Kier molecular flexibility index (Phi) is 4.18. The molecule has 2 aliphatic rings. The van der Waals surface area contributed by atoms with Crippen LogP contribution in [0.1, 0.15) is 12.8 Å². The molecule has 1 atom stereocenters. The molecular formula is C11H17N3O4S. The number of primary amides is 1. The van der Waals surface area contributed by atoms with Gasteiger partial charge in [0.25, 0.3) is 0 Å². The molecule has 106 valence electrons. The normalized spacial score (nSPS) is 24.5. The first-order chi connectivity index (χ1) is 9.00. The Morgan fingerprint density at radius 2 is 1.84 bits per heavy atom. The van der Waals surface area contributed by atoms with Crippen molar-refractivity contribution in [2.75, 3.05) is 24.7 Å². The molecule has 7 nitrogen and oxygen atoms in total. The second-order valence-corrected chi connectivity index (χ2v) is 5.77. The van der Waals surface area contributed by atoms with E-state index >= 15 is 0 Å². The summed E-state index contributed by atoms with van der Waals surface area (Å²) in [6.45, 7) is 0.917. The smallest absolute Gasteiger partial charge is 0.327 e. The van der Waals surface area contributed by atoms with Gasteiger partial charge in [-0.25, -0.2) is 9.59 Å². The summed E-state index contributed by atoms with van der Waals surface area (Å²) >= 11 is 1.44. The van der Waals surface area contributed by atoms with Crippen molar-refractivity contribution >= 4 is 29.7 Å². The van der Waals surface area contributed by atoms with Crippen molar-refractivity contribution in [3.8, 4) is 0 Å². The Balaban J connectivity index is 1.94. The molecule has 2 fully saturated rings. The highest BCUT2D eigenvalue weighted by Crippen LogP contribution is 2.25. The van der Waals surface area contributed by atoms with Gasteiger partial charge in [-0.1, -0.05) is 0 Å². The lowest BCUT2D eigenvalue weighted by molar-refractivity contribution is -0.141. The third-order valence-electron chi connectivity index (χ3n) is 3.58. The van der Waals surface area contributed by atoms with E-state index in [1.165, 1.54) is 16.7 Å². The SMILES string of the molecule is NC(=O)C1CCN(C(=O)N2CSCC2C(=O)O)CC1. The number of aliphatic carboxylic acids is 1. The summed E-state index contributed by atoms with van der Waals surface area (Å²) in [6, 6.07) is -0.994.